The highest BCUT2D eigenvalue weighted by Crippen LogP contribution is 2.46. The summed E-state index contributed by atoms with van der Waals surface area (Å²) in [5, 5.41) is 2.06. The molecule has 6 rings (SSSR count). The molecule has 0 bridgehead atoms. The molecule has 3 nitrogen and oxygen atoms in total. The number of rotatable bonds is 5. The van der Waals surface area contributed by atoms with Gasteiger partial charge in [-0.15, -0.1) is 0 Å². The summed E-state index contributed by atoms with van der Waals surface area (Å²) in [7, 11) is 0. The van der Waals surface area contributed by atoms with Crippen LogP contribution in [0, 0.1) is 6.92 Å². The summed E-state index contributed by atoms with van der Waals surface area (Å²) in [4.78, 5) is 6.91. The third-order valence-corrected chi connectivity index (χ3v) is 6.92. The SMILES string of the molecule is Cc1oc(-c2ccccc2)c2c1C[C@H](c1ccccc1)ON(c1ccccc1)[C@@H]2/C=C/c1ccccc1. The maximum absolute atomic E-state index is 6.91. The fourth-order valence-electron chi connectivity index (χ4n) is 5.09. The topological polar surface area (TPSA) is 25.6 Å². The van der Waals surface area contributed by atoms with Crippen LogP contribution in [-0.4, -0.2) is 0 Å². The summed E-state index contributed by atoms with van der Waals surface area (Å²) in [6.07, 6.45) is 4.97. The zero-order valence-electron chi connectivity index (χ0n) is 20.8. The third kappa shape index (κ3) is 4.74. The number of furan rings is 1. The molecule has 0 amide bonds. The number of aryl methyl sites for hydroxylation is 1. The monoisotopic (exact) mass is 483 g/mol. The van der Waals surface area contributed by atoms with E-state index in [9.17, 15) is 0 Å². The highest BCUT2D eigenvalue weighted by molar-refractivity contribution is 5.68. The van der Waals surface area contributed by atoms with Crippen molar-refractivity contribution in [3.63, 3.8) is 0 Å². The first kappa shape index (κ1) is 23.1. The number of para-hydroxylation sites is 1. The van der Waals surface area contributed by atoms with Crippen LogP contribution in [0.15, 0.2) is 132 Å². The average Bonchev–Trinajstić information content (AvgIpc) is 3.18. The Labute approximate surface area is 218 Å². The quantitative estimate of drug-likeness (QED) is 0.250. The van der Waals surface area contributed by atoms with Gasteiger partial charge in [-0.1, -0.05) is 121 Å². The first-order chi connectivity index (χ1) is 18.3. The molecule has 4 aromatic carbocycles. The van der Waals surface area contributed by atoms with E-state index in [4.69, 9.17) is 9.25 Å². The minimum Gasteiger partial charge on any atom is -0.461 e. The number of hydrogen-bond donors (Lipinski definition) is 0. The zero-order valence-corrected chi connectivity index (χ0v) is 20.8. The van der Waals surface area contributed by atoms with Gasteiger partial charge < -0.3 is 4.42 Å². The molecule has 0 unspecified atom stereocenters. The van der Waals surface area contributed by atoms with Gasteiger partial charge in [-0.2, -0.15) is 0 Å². The fraction of sp³-hybridized carbons (Fsp3) is 0.118. The van der Waals surface area contributed by atoms with Gasteiger partial charge in [-0.3, -0.25) is 4.84 Å². The molecule has 0 saturated carbocycles. The molecular weight excluding hydrogens is 454 g/mol. The van der Waals surface area contributed by atoms with Crippen LogP contribution in [0.4, 0.5) is 5.69 Å². The standard InChI is InChI=1S/C34H29NO2/c1-25-30-24-32(27-16-8-3-9-17-27)37-35(29-20-12-5-13-21-29)31(23-22-26-14-6-2-7-15-26)33(30)34(36-25)28-18-10-4-11-19-28/h2-23,31-32H,24H2,1H3/b23-22+/t31-,32-/m1/s1. The Morgan fingerprint density at radius 2 is 1.32 bits per heavy atom. The minimum absolute atomic E-state index is 0.157. The molecule has 0 fully saturated rings. The molecule has 2 heterocycles. The fourth-order valence-corrected chi connectivity index (χ4v) is 5.09. The van der Waals surface area contributed by atoms with Gasteiger partial charge in [-0.05, 0) is 30.2 Å². The van der Waals surface area contributed by atoms with Crippen LogP contribution in [0.25, 0.3) is 17.4 Å². The van der Waals surface area contributed by atoms with Gasteiger partial charge in [0.15, 0.2) is 0 Å². The van der Waals surface area contributed by atoms with Crippen molar-refractivity contribution in [2.24, 2.45) is 0 Å². The number of anilines is 1. The minimum atomic E-state index is -0.195. The Bertz CT molecular complexity index is 1470. The van der Waals surface area contributed by atoms with Crippen LogP contribution >= 0.6 is 0 Å². The van der Waals surface area contributed by atoms with Crippen molar-refractivity contribution >= 4 is 11.8 Å². The van der Waals surface area contributed by atoms with Crippen LogP contribution in [0.3, 0.4) is 0 Å². The van der Waals surface area contributed by atoms with Crippen LogP contribution in [0.2, 0.25) is 0 Å². The second kappa shape index (κ2) is 10.3. The zero-order chi connectivity index (χ0) is 25.0. The molecule has 0 saturated heterocycles. The molecule has 0 spiro atoms. The summed E-state index contributed by atoms with van der Waals surface area (Å²) in [6, 6.07) is 41.4. The van der Waals surface area contributed by atoms with Crippen LogP contribution in [0.5, 0.6) is 0 Å². The van der Waals surface area contributed by atoms with Gasteiger partial charge in [-0.25, -0.2) is 5.06 Å². The van der Waals surface area contributed by atoms with E-state index in [0.717, 1.165) is 45.9 Å². The predicted octanol–water partition coefficient (Wildman–Crippen LogP) is 8.75. The number of fused-ring (bicyclic) bond motifs is 1. The normalized spacial score (nSPS) is 17.5. The third-order valence-electron chi connectivity index (χ3n) is 6.92. The van der Waals surface area contributed by atoms with E-state index in [1.165, 1.54) is 5.56 Å². The molecule has 0 N–H and O–H groups in total. The van der Waals surface area contributed by atoms with Gasteiger partial charge in [0.2, 0.25) is 0 Å². The summed E-state index contributed by atoms with van der Waals surface area (Å²) in [6.45, 7) is 2.07. The van der Waals surface area contributed by atoms with Gasteiger partial charge in [0.1, 0.15) is 23.7 Å². The van der Waals surface area contributed by atoms with Crippen molar-refractivity contribution < 1.29 is 9.25 Å². The maximum Gasteiger partial charge on any atom is 0.140 e. The number of hydroxylamine groups is 1. The highest BCUT2D eigenvalue weighted by Gasteiger charge is 2.36. The Morgan fingerprint density at radius 1 is 0.730 bits per heavy atom. The lowest BCUT2D eigenvalue weighted by molar-refractivity contribution is 0.0271. The van der Waals surface area contributed by atoms with E-state index in [-0.39, 0.29) is 12.1 Å². The molecule has 0 radical (unpaired) electrons. The molecule has 0 aliphatic carbocycles. The molecular formula is C34H29NO2. The lowest BCUT2D eigenvalue weighted by Gasteiger charge is -2.32. The van der Waals surface area contributed by atoms with Crippen molar-refractivity contribution in [1.82, 2.24) is 0 Å². The summed E-state index contributed by atoms with van der Waals surface area (Å²) >= 11 is 0. The largest absolute Gasteiger partial charge is 0.461 e. The first-order valence-corrected chi connectivity index (χ1v) is 12.7. The highest BCUT2D eigenvalue weighted by atomic mass is 16.7. The molecule has 182 valence electrons. The summed E-state index contributed by atoms with van der Waals surface area (Å²) in [5.74, 6) is 1.83. The van der Waals surface area contributed by atoms with E-state index >= 15 is 0 Å². The van der Waals surface area contributed by atoms with E-state index in [2.05, 4.69) is 121 Å². The maximum atomic E-state index is 6.91. The van der Waals surface area contributed by atoms with Crippen LogP contribution < -0.4 is 5.06 Å². The van der Waals surface area contributed by atoms with Gasteiger partial charge in [0, 0.05) is 23.1 Å². The van der Waals surface area contributed by atoms with E-state index in [1.54, 1.807) is 0 Å². The van der Waals surface area contributed by atoms with Crippen molar-refractivity contribution in [2.75, 3.05) is 5.06 Å². The molecule has 37 heavy (non-hydrogen) atoms. The lowest BCUT2D eigenvalue weighted by Crippen LogP contribution is -2.28. The number of hydrogen-bond acceptors (Lipinski definition) is 3. The number of nitrogens with zero attached hydrogens (tertiary/aromatic N) is 1. The van der Waals surface area contributed by atoms with E-state index in [1.807, 2.05) is 24.3 Å². The molecule has 1 aliphatic rings. The van der Waals surface area contributed by atoms with Gasteiger partial charge in [0.05, 0.1) is 5.69 Å². The van der Waals surface area contributed by atoms with Gasteiger partial charge >= 0.3 is 0 Å². The predicted molar refractivity (Wildman–Crippen MR) is 150 cm³/mol. The molecule has 3 heteroatoms. The second-order valence-corrected chi connectivity index (χ2v) is 9.33. The molecule has 1 aliphatic heterocycles. The Kier molecular flexibility index (Phi) is 6.45. The van der Waals surface area contributed by atoms with Crippen molar-refractivity contribution in [3.05, 3.63) is 155 Å². The van der Waals surface area contributed by atoms with Crippen molar-refractivity contribution in [2.45, 2.75) is 25.5 Å². The second-order valence-electron chi connectivity index (χ2n) is 9.33. The lowest BCUT2D eigenvalue weighted by atomic mass is 9.92. The Morgan fingerprint density at radius 3 is 2.00 bits per heavy atom. The van der Waals surface area contributed by atoms with Crippen LogP contribution in [0.1, 0.15) is 40.2 Å². The smallest absolute Gasteiger partial charge is 0.140 e. The van der Waals surface area contributed by atoms with Gasteiger partial charge in [0.25, 0.3) is 0 Å². The van der Waals surface area contributed by atoms with Crippen molar-refractivity contribution in [1.29, 1.82) is 0 Å². The van der Waals surface area contributed by atoms with E-state index in [0.29, 0.717) is 0 Å². The molecule has 5 aromatic rings. The van der Waals surface area contributed by atoms with Crippen LogP contribution in [-0.2, 0) is 11.3 Å². The van der Waals surface area contributed by atoms with E-state index < -0.39 is 0 Å². The number of benzene rings is 4. The summed E-state index contributed by atoms with van der Waals surface area (Å²) < 4.78 is 6.54. The average molecular weight is 484 g/mol. The Balaban J connectivity index is 1.57. The Hall–Kier alpha value is -4.34. The summed E-state index contributed by atoms with van der Waals surface area (Å²) in [5.41, 5.74) is 6.70. The molecule has 1 aromatic heterocycles. The first-order valence-electron chi connectivity index (χ1n) is 12.7. The van der Waals surface area contributed by atoms with Crippen molar-refractivity contribution in [3.8, 4) is 11.3 Å². The molecule has 2 atom stereocenters.